The summed E-state index contributed by atoms with van der Waals surface area (Å²) < 4.78 is 33.1. The van der Waals surface area contributed by atoms with Crippen LogP contribution in [0.2, 0.25) is 0 Å². The Balaban J connectivity index is 1.65. The maximum atomic E-state index is 12.7. The molecule has 1 atom stereocenters. The van der Waals surface area contributed by atoms with E-state index in [1.165, 1.54) is 25.9 Å². The molecule has 3 heterocycles. The van der Waals surface area contributed by atoms with Crippen LogP contribution in [-0.4, -0.2) is 79.5 Å². The molecule has 2 aliphatic rings. The van der Waals surface area contributed by atoms with Gasteiger partial charge in [-0.15, -0.1) is 0 Å². The summed E-state index contributed by atoms with van der Waals surface area (Å²) in [5.74, 6) is 0.140. The fourth-order valence-corrected chi connectivity index (χ4v) is 5.70. The van der Waals surface area contributed by atoms with Gasteiger partial charge in [0.1, 0.15) is 0 Å². The van der Waals surface area contributed by atoms with Crippen LogP contribution in [0.5, 0.6) is 0 Å². The molecular weight excluding hydrogens is 376 g/mol. The van der Waals surface area contributed by atoms with Crippen LogP contribution in [0.3, 0.4) is 0 Å². The van der Waals surface area contributed by atoms with Crippen LogP contribution < -0.4 is 0 Å². The van der Waals surface area contributed by atoms with E-state index < -0.39 is 9.84 Å². The molecule has 0 aromatic carbocycles. The second-order valence-electron chi connectivity index (χ2n) is 8.24. The SMILES string of the molecule is CCCS(=O)(=O)c1ncc(CN(C)CCCN2CCCC2)n1CC1CCCO1. The lowest BCUT2D eigenvalue weighted by Crippen LogP contribution is -2.28. The molecule has 2 fully saturated rings. The van der Waals surface area contributed by atoms with Gasteiger partial charge in [-0.1, -0.05) is 6.92 Å². The van der Waals surface area contributed by atoms with Crippen LogP contribution in [0.25, 0.3) is 0 Å². The second-order valence-corrected chi connectivity index (χ2v) is 10.2. The largest absolute Gasteiger partial charge is 0.376 e. The van der Waals surface area contributed by atoms with Crippen LogP contribution in [0, 0.1) is 0 Å². The third kappa shape index (κ3) is 5.78. The standard InChI is InChI=1S/C20H36N4O3S/c1-3-14-28(25,26)20-21-15-18(24(20)17-19-8-6-13-27-19)16-22(2)9-7-12-23-10-4-5-11-23/h15,19H,3-14,16-17H2,1-2H3. The normalized spacial score (nSPS) is 21.2. The lowest BCUT2D eigenvalue weighted by atomic mass is 10.2. The van der Waals surface area contributed by atoms with E-state index in [2.05, 4.69) is 21.8 Å². The first-order valence-electron chi connectivity index (χ1n) is 10.8. The topological polar surface area (TPSA) is 67.7 Å². The summed E-state index contributed by atoms with van der Waals surface area (Å²) in [5.41, 5.74) is 0.967. The third-order valence-corrected chi connectivity index (χ3v) is 7.54. The van der Waals surface area contributed by atoms with Crippen molar-refractivity contribution in [2.45, 2.75) is 69.8 Å². The average molecular weight is 413 g/mol. The maximum Gasteiger partial charge on any atom is 0.227 e. The summed E-state index contributed by atoms with van der Waals surface area (Å²) in [6.07, 6.45) is 8.25. The van der Waals surface area contributed by atoms with E-state index in [1.54, 1.807) is 6.20 Å². The summed E-state index contributed by atoms with van der Waals surface area (Å²) in [6.45, 7) is 8.56. The van der Waals surface area contributed by atoms with Crippen molar-refractivity contribution in [3.05, 3.63) is 11.9 Å². The molecule has 0 N–H and O–H groups in total. The van der Waals surface area contributed by atoms with Crippen molar-refractivity contribution in [3.8, 4) is 0 Å². The van der Waals surface area contributed by atoms with Gasteiger partial charge in [-0.05, 0) is 71.8 Å². The highest BCUT2D eigenvalue weighted by Crippen LogP contribution is 2.21. The minimum absolute atomic E-state index is 0.0870. The Morgan fingerprint density at radius 1 is 1.29 bits per heavy atom. The van der Waals surface area contributed by atoms with Gasteiger partial charge in [0, 0.05) is 13.2 Å². The predicted molar refractivity (Wildman–Crippen MR) is 110 cm³/mol. The molecule has 160 valence electrons. The number of hydrogen-bond acceptors (Lipinski definition) is 6. The van der Waals surface area contributed by atoms with Crippen molar-refractivity contribution in [3.63, 3.8) is 0 Å². The number of aromatic nitrogens is 2. The van der Waals surface area contributed by atoms with Gasteiger partial charge in [0.25, 0.3) is 0 Å². The van der Waals surface area contributed by atoms with Gasteiger partial charge < -0.3 is 19.1 Å². The number of rotatable bonds is 11. The Bertz CT molecular complexity index is 707. The Kier molecular flexibility index (Phi) is 7.91. The highest BCUT2D eigenvalue weighted by molar-refractivity contribution is 7.91. The molecule has 28 heavy (non-hydrogen) atoms. The van der Waals surface area contributed by atoms with E-state index in [0.29, 0.717) is 19.5 Å². The number of imidazole rings is 1. The van der Waals surface area contributed by atoms with E-state index in [4.69, 9.17) is 4.74 Å². The van der Waals surface area contributed by atoms with Crippen molar-refractivity contribution in [1.82, 2.24) is 19.4 Å². The Morgan fingerprint density at radius 3 is 2.75 bits per heavy atom. The summed E-state index contributed by atoms with van der Waals surface area (Å²) >= 11 is 0. The summed E-state index contributed by atoms with van der Waals surface area (Å²) in [7, 11) is -1.25. The fourth-order valence-electron chi connectivity index (χ4n) is 4.24. The number of sulfone groups is 1. The number of ether oxygens (including phenoxy) is 1. The van der Waals surface area contributed by atoms with Gasteiger partial charge in [0.15, 0.2) is 0 Å². The maximum absolute atomic E-state index is 12.7. The van der Waals surface area contributed by atoms with Crippen LogP contribution in [0.4, 0.5) is 0 Å². The van der Waals surface area contributed by atoms with Gasteiger partial charge in [-0.2, -0.15) is 0 Å². The molecule has 7 nitrogen and oxygen atoms in total. The molecule has 2 saturated heterocycles. The fraction of sp³-hybridized carbons (Fsp3) is 0.850. The number of nitrogens with zero attached hydrogens (tertiary/aromatic N) is 4. The average Bonchev–Trinajstić information content (AvgIpc) is 3.39. The molecule has 0 saturated carbocycles. The lowest BCUT2D eigenvalue weighted by molar-refractivity contribution is 0.0934. The van der Waals surface area contributed by atoms with Crippen LogP contribution in [-0.2, 0) is 27.7 Å². The smallest absolute Gasteiger partial charge is 0.227 e. The summed E-state index contributed by atoms with van der Waals surface area (Å²) in [5, 5.41) is 0.213. The quantitative estimate of drug-likeness (QED) is 0.555. The number of likely N-dealkylation sites (tertiary alicyclic amines) is 1. The number of hydrogen-bond donors (Lipinski definition) is 0. The molecule has 8 heteroatoms. The van der Waals surface area contributed by atoms with E-state index in [1.807, 2.05) is 11.5 Å². The summed E-state index contributed by atoms with van der Waals surface area (Å²) in [6, 6.07) is 0. The zero-order valence-electron chi connectivity index (χ0n) is 17.5. The van der Waals surface area contributed by atoms with Crippen LogP contribution >= 0.6 is 0 Å². The molecule has 1 aromatic heterocycles. The minimum Gasteiger partial charge on any atom is -0.376 e. The van der Waals surface area contributed by atoms with Gasteiger partial charge in [-0.3, -0.25) is 0 Å². The first-order chi connectivity index (χ1) is 13.5. The lowest BCUT2D eigenvalue weighted by Gasteiger charge is -2.21. The molecule has 0 amide bonds. The monoisotopic (exact) mass is 412 g/mol. The Hall–Kier alpha value is -0.960. The molecule has 0 radical (unpaired) electrons. The Morgan fingerprint density at radius 2 is 2.07 bits per heavy atom. The van der Waals surface area contributed by atoms with Crippen molar-refractivity contribution in [1.29, 1.82) is 0 Å². The van der Waals surface area contributed by atoms with Crippen molar-refractivity contribution in [2.75, 3.05) is 45.6 Å². The van der Waals surface area contributed by atoms with E-state index in [0.717, 1.165) is 44.7 Å². The van der Waals surface area contributed by atoms with Gasteiger partial charge in [0.2, 0.25) is 15.0 Å². The first kappa shape index (κ1) is 21.7. The molecule has 1 aromatic rings. The minimum atomic E-state index is -3.35. The first-order valence-corrected chi connectivity index (χ1v) is 12.4. The van der Waals surface area contributed by atoms with E-state index in [-0.39, 0.29) is 17.0 Å². The van der Waals surface area contributed by atoms with Gasteiger partial charge >= 0.3 is 0 Å². The third-order valence-electron chi connectivity index (χ3n) is 5.71. The van der Waals surface area contributed by atoms with Crippen LogP contribution in [0.15, 0.2) is 11.4 Å². The molecular formula is C20H36N4O3S. The zero-order chi connectivity index (χ0) is 20.0. The zero-order valence-corrected chi connectivity index (χ0v) is 18.3. The van der Waals surface area contributed by atoms with Gasteiger partial charge in [-0.25, -0.2) is 13.4 Å². The van der Waals surface area contributed by atoms with Crippen molar-refractivity contribution in [2.24, 2.45) is 0 Å². The highest BCUT2D eigenvalue weighted by atomic mass is 32.2. The molecule has 0 bridgehead atoms. The van der Waals surface area contributed by atoms with Crippen molar-refractivity contribution >= 4 is 9.84 Å². The molecule has 3 rings (SSSR count). The molecule has 0 spiro atoms. The molecule has 0 aliphatic carbocycles. The highest BCUT2D eigenvalue weighted by Gasteiger charge is 2.26. The van der Waals surface area contributed by atoms with E-state index in [9.17, 15) is 8.42 Å². The van der Waals surface area contributed by atoms with Crippen molar-refractivity contribution < 1.29 is 13.2 Å². The molecule has 2 aliphatic heterocycles. The Labute approximate surface area is 170 Å². The second kappa shape index (κ2) is 10.2. The van der Waals surface area contributed by atoms with Crippen LogP contribution in [0.1, 0.15) is 51.1 Å². The van der Waals surface area contributed by atoms with Gasteiger partial charge in [0.05, 0.1) is 30.3 Å². The van der Waals surface area contributed by atoms with E-state index >= 15 is 0 Å². The predicted octanol–water partition coefficient (Wildman–Crippen LogP) is 2.16. The molecule has 1 unspecified atom stereocenters. The summed E-state index contributed by atoms with van der Waals surface area (Å²) in [4.78, 5) is 9.14.